The lowest BCUT2D eigenvalue weighted by Gasteiger charge is -2.13. The van der Waals surface area contributed by atoms with Crippen LogP contribution in [0.4, 0.5) is 10.5 Å². The maximum absolute atomic E-state index is 12.4. The number of phenols is 1. The number of aromatic hydroxyl groups is 1. The largest absolute Gasteiger partial charge is 0.508 e. The molecule has 1 aliphatic rings. The molecule has 0 aliphatic carbocycles. The first-order valence-corrected chi connectivity index (χ1v) is 9.70. The van der Waals surface area contributed by atoms with Crippen LogP contribution in [0.1, 0.15) is 21.7 Å². The number of carbonyl (C=O) groups excluding carboxylic acids is 3. The second kappa shape index (κ2) is 8.28. The van der Waals surface area contributed by atoms with Gasteiger partial charge in [-0.05, 0) is 47.5 Å². The van der Waals surface area contributed by atoms with Gasteiger partial charge in [-0.25, -0.2) is 4.79 Å². The van der Waals surface area contributed by atoms with Crippen molar-refractivity contribution in [3.05, 3.63) is 51.1 Å². The van der Waals surface area contributed by atoms with E-state index in [0.717, 1.165) is 27.6 Å². The van der Waals surface area contributed by atoms with E-state index in [1.54, 1.807) is 6.08 Å². The topological polar surface area (TPSA) is 124 Å². The Morgan fingerprint density at radius 2 is 2.00 bits per heavy atom. The van der Waals surface area contributed by atoms with Crippen molar-refractivity contribution in [2.45, 2.75) is 6.42 Å². The van der Waals surface area contributed by atoms with Crippen LogP contribution in [-0.2, 0) is 9.59 Å². The highest BCUT2D eigenvalue weighted by Gasteiger charge is 2.35. The minimum atomic E-state index is -1.31. The number of hydrogen-bond acceptors (Lipinski definition) is 7. The molecule has 8 nitrogen and oxygen atoms in total. The highest BCUT2D eigenvalue weighted by molar-refractivity contribution is 8.18. The normalized spacial score (nSPS) is 15.3. The van der Waals surface area contributed by atoms with E-state index in [0.29, 0.717) is 4.91 Å². The van der Waals surface area contributed by atoms with E-state index in [2.05, 4.69) is 5.32 Å². The van der Waals surface area contributed by atoms with Gasteiger partial charge in [0, 0.05) is 17.8 Å². The van der Waals surface area contributed by atoms with E-state index in [9.17, 15) is 24.3 Å². The van der Waals surface area contributed by atoms with Crippen molar-refractivity contribution in [3.63, 3.8) is 0 Å². The summed E-state index contributed by atoms with van der Waals surface area (Å²) in [4.78, 5) is 49.9. The SMILES string of the molecule is O=C(CCN1C(=O)SC(=Cc2cccs2)C1=O)Nc1ccc(O)cc1C(=O)O. The van der Waals surface area contributed by atoms with Crippen molar-refractivity contribution in [2.75, 3.05) is 11.9 Å². The third kappa shape index (κ3) is 4.41. The molecule has 1 aliphatic heterocycles. The second-order valence-corrected chi connectivity index (χ2v) is 7.65. The molecule has 1 fully saturated rings. The quantitative estimate of drug-likeness (QED) is 0.486. The van der Waals surface area contributed by atoms with Gasteiger partial charge < -0.3 is 15.5 Å². The third-order valence-corrected chi connectivity index (χ3v) is 5.49. The van der Waals surface area contributed by atoms with Gasteiger partial charge >= 0.3 is 5.97 Å². The summed E-state index contributed by atoms with van der Waals surface area (Å²) in [5.74, 6) is -2.58. The molecule has 0 saturated carbocycles. The molecule has 3 rings (SSSR count). The lowest BCUT2D eigenvalue weighted by atomic mass is 10.1. The molecule has 0 radical (unpaired) electrons. The minimum Gasteiger partial charge on any atom is -0.508 e. The summed E-state index contributed by atoms with van der Waals surface area (Å²) in [6.07, 6.45) is 1.44. The second-order valence-electron chi connectivity index (χ2n) is 5.68. The van der Waals surface area contributed by atoms with E-state index < -0.39 is 23.0 Å². The third-order valence-electron chi connectivity index (χ3n) is 3.76. The first kappa shape index (κ1) is 19.6. The van der Waals surface area contributed by atoms with Crippen molar-refractivity contribution in [1.29, 1.82) is 0 Å². The molecule has 0 unspecified atom stereocenters. The van der Waals surface area contributed by atoms with E-state index in [1.165, 1.54) is 23.5 Å². The molecule has 144 valence electrons. The number of thiophene rings is 1. The molecule has 0 bridgehead atoms. The summed E-state index contributed by atoms with van der Waals surface area (Å²) in [6, 6.07) is 7.18. The van der Waals surface area contributed by atoms with Gasteiger partial charge in [-0.1, -0.05) is 6.07 Å². The number of carboxylic acid groups (broad SMARTS) is 1. The van der Waals surface area contributed by atoms with Gasteiger partial charge in [0.05, 0.1) is 16.2 Å². The molecule has 3 amide bonds. The molecule has 10 heteroatoms. The van der Waals surface area contributed by atoms with Crippen molar-refractivity contribution in [3.8, 4) is 5.75 Å². The van der Waals surface area contributed by atoms with Crippen LogP contribution in [0, 0.1) is 0 Å². The highest BCUT2D eigenvalue weighted by atomic mass is 32.2. The molecule has 1 saturated heterocycles. The maximum atomic E-state index is 12.4. The molecule has 3 N–H and O–H groups in total. The van der Waals surface area contributed by atoms with Crippen molar-refractivity contribution in [1.82, 2.24) is 4.90 Å². The number of phenolic OH excluding ortho intramolecular Hbond substituents is 1. The number of benzene rings is 1. The van der Waals surface area contributed by atoms with Crippen molar-refractivity contribution < 1.29 is 29.4 Å². The highest BCUT2D eigenvalue weighted by Crippen LogP contribution is 2.33. The van der Waals surface area contributed by atoms with Crippen LogP contribution in [0.25, 0.3) is 6.08 Å². The average molecular weight is 418 g/mol. The molecular weight excluding hydrogens is 404 g/mol. The van der Waals surface area contributed by atoms with E-state index in [1.807, 2.05) is 17.5 Å². The number of hydrogen-bond donors (Lipinski definition) is 3. The predicted octanol–water partition coefficient (Wildman–Crippen LogP) is 3.22. The fourth-order valence-electron chi connectivity index (χ4n) is 2.44. The van der Waals surface area contributed by atoms with Gasteiger partial charge in [-0.15, -0.1) is 11.3 Å². The Bertz CT molecular complexity index is 984. The summed E-state index contributed by atoms with van der Waals surface area (Å²) in [5, 5.41) is 22.3. The molecular formula is C18H14N2O6S2. The number of imide groups is 1. The zero-order valence-corrected chi connectivity index (χ0v) is 15.9. The van der Waals surface area contributed by atoms with Gasteiger partial charge in [-0.2, -0.15) is 0 Å². The Morgan fingerprint density at radius 1 is 1.21 bits per heavy atom. The number of rotatable bonds is 6. The number of anilines is 1. The average Bonchev–Trinajstić information content (AvgIpc) is 3.24. The van der Waals surface area contributed by atoms with Crippen LogP contribution in [0.3, 0.4) is 0 Å². The Kier molecular flexibility index (Phi) is 5.81. The molecule has 2 aromatic rings. The molecule has 2 heterocycles. The minimum absolute atomic E-state index is 0.0158. The monoisotopic (exact) mass is 418 g/mol. The van der Waals surface area contributed by atoms with E-state index in [4.69, 9.17) is 5.11 Å². The maximum Gasteiger partial charge on any atom is 0.337 e. The molecule has 28 heavy (non-hydrogen) atoms. The predicted molar refractivity (Wildman–Crippen MR) is 105 cm³/mol. The summed E-state index contributed by atoms with van der Waals surface area (Å²) in [5.41, 5.74) is -0.250. The zero-order chi connectivity index (χ0) is 20.3. The standard InChI is InChI=1S/C18H14N2O6S2/c21-10-3-4-13(12(8-10)17(24)25)19-15(22)5-6-20-16(23)14(28-18(20)26)9-11-2-1-7-27-11/h1-4,7-9,21H,5-6H2,(H,19,22)(H,24,25). The summed E-state index contributed by atoms with van der Waals surface area (Å²) < 4.78 is 0. The Balaban J connectivity index is 1.63. The number of thioether (sulfide) groups is 1. The fourth-order valence-corrected chi connectivity index (χ4v) is 4.03. The summed E-state index contributed by atoms with van der Waals surface area (Å²) >= 11 is 2.25. The summed E-state index contributed by atoms with van der Waals surface area (Å²) in [7, 11) is 0. The number of carbonyl (C=O) groups is 4. The van der Waals surface area contributed by atoms with Crippen LogP contribution < -0.4 is 5.32 Å². The molecule has 0 spiro atoms. The van der Waals surface area contributed by atoms with Crippen LogP contribution in [0.2, 0.25) is 0 Å². The van der Waals surface area contributed by atoms with Crippen molar-refractivity contribution in [2.24, 2.45) is 0 Å². The van der Waals surface area contributed by atoms with Crippen LogP contribution in [0.5, 0.6) is 5.75 Å². The summed E-state index contributed by atoms with van der Waals surface area (Å²) in [6.45, 7) is -0.126. The van der Waals surface area contributed by atoms with Gasteiger partial charge in [0.15, 0.2) is 0 Å². The Hall–Kier alpha value is -3.11. The number of amides is 3. The molecule has 1 aromatic heterocycles. The van der Waals surface area contributed by atoms with Crippen LogP contribution in [0.15, 0.2) is 40.6 Å². The number of aromatic carboxylic acids is 1. The number of nitrogens with one attached hydrogen (secondary N) is 1. The van der Waals surface area contributed by atoms with Crippen molar-refractivity contribution >= 4 is 57.9 Å². The lowest BCUT2D eigenvalue weighted by Crippen LogP contribution is -2.31. The molecule has 0 atom stereocenters. The molecule has 1 aromatic carbocycles. The first-order chi connectivity index (χ1) is 13.3. The smallest absolute Gasteiger partial charge is 0.337 e. The van der Waals surface area contributed by atoms with Gasteiger partial charge in [-0.3, -0.25) is 19.3 Å². The van der Waals surface area contributed by atoms with Crippen LogP contribution >= 0.6 is 23.1 Å². The Labute approximate surface area is 167 Å². The van der Waals surface area contributed by atoms with E-state index >= 15 is 0 Å². The fraction of sp³-hybridized carbons (Fsp3) is 0.111. The van der Waals surface area contributed by atoms with Gasteiger partial charge in [0.25, 0.3) is 11.1 Å². The zero-order valence-electron chi connectivity index (χ0n) is 14.2. The lowest BCUT2D eigenvalue weighted by molar-refractivity contribution is -0.123. The van der Waals surface area contributed by atoms with Crippen LogP contribution in [-0.4, -0.2) is 44.7 Å². The first-order valence-electron chi connectivity index (χ1n) is 8.00. The van der Waals surface area contributed by atoms with Gasteiger partial charge in [0.1, 0.15) is 5.75 Å². The number of carboxylic acids is 1. The van der Waals surface area contributed by atoms with E-state index in [-0.39, 0.29) is 30.0 Å². The Morgan fingerprint density at radius 3 is 2.68 bits per heavy atom. The number of nitrogens with zero attached hydrogens (tertiary/aromatic N) is 1. The van der Waals surface area contributed by atoms with Gasteiger partial charge in [0.2, 0.25) is 5.91 Å².